The smallest absolute Gasteiger partial charge is 0.268 e. The Labute approximate surface area is 160 Å². The summed E-state index contributed by atoms with van der Waals surface area (Å²) in [5, 5.41) is 7.77. The van der Waals surface area contributed by atoms with Crippen LogP contribution < -0.4 is 5.32 Å². The van der Waals surface area contributed by atoms with Gasteiger partial charge in [0.2, 0.25) is 11.7 Å². The molecule has 28 heavy (non-hydrogen) atoms. The van der Waals surface area contributed by atoms with Gasteiger partial charge in [-0.25, -0.2) is 4.39 Å². The first kappa shape index (κ1) is 17.9. The van der Waals surface area contributed by atoms with Crippen LogP contribution in [-0.2, 0) is 0 Å². The van der Waals surface area contributed by atoms with E-state index in [1.165, 1.54) is 12.1 Å². The highest BCUT2D eigenvalue weighted by Crippen LogP contribution is 2.23. The largest absolute Gasteiger partial charge is 0.351 e. The van der Waals surface area contributed by atoms with Crippen molar-refractivity contribution in [2.45, 2.75) is 26.8 Å². The zero-order chi connectivity index (χ0) is 19.8. The normalized spacial score (nSPS) is 12.3. The number of aryl methyl sites for hydroxylation is 2. The van der Waals surface area contributed by atoms with Crippen LogP contribution in [0.15, 0.2) is 47.0 Å². The van der Waals surface area contributed by atoms with Crippen LogP contribution in [-0.4, -0.2) is 21.0 Å². The number of carbonyl (C=O) groups is 1. The van der Waals surface area contributed by atoms with E-state index in [9.17, 15) is 9.18 Å². The number of hydrogen-bond donors (Lipinski definition) is 2. The molecule has 0 bridgehead atoms. The lowest BCUT2D eigenvalue weighted by Gasteiger charge is -2.08. The topological polar surface area (TPSA) is 83.8 Å². The number of benzene rings is 2. The summed E-state index contributed by atoms with van der Waals surface area (Å²) >= 11 is 0. The molecule has 0 aliphatic heterocycles. The fraction of sp³-hybridized carbons (Fsp3) is 0.190. The second-order valence-corrected chi connectivity index (χ2v) is 6.88. The molecule has 142 valence electrons. The predicted molar refractivity (Wildman–Crippen MR) is 103 cm³/mol. The van der Waals surface area contributed by atoms with Crippen molar-refractivity contribution >= 4 is 16.8 Å². The van der Waals surface area contributed by atoms with E-state index < -0.39 is 6.04 Å². The van der Waals surface area contributed by atoms with E-state index in [4.69, 9.17) is 4.52 Å². The van der Waals surface area contributed by atoms with Gasteiger partial charge in [0.25, 0.3) is 5.91 Å². The lowest BCUT2D eigenvalue weighted by Crippen LogP contribution is -2.27. The van der Waals surface area contributed by atoms with Crippen LogP contribution in [0.3, 0.4) is 0 Å². The molecule has 1 atom stereocenters. The number of hydrogen-bond acceptors (Lipinski definition) is 4. The SMILES string of the molecule is Cc1cc(C)c2cc(C(=O)NC(C)c3nc(-c4ccc(F)cc4)no3)[nH]c2c1. The molecule has 0 radical (unpaired) electrons. The van der Waals surface area contributed by atoms with Gasteiger partial charge in [0.15, 0.2) is 0 Å². The van der Waals surface area contributed by atoms with Gasteiger partial charge in [0.1, 0.15) is 17.6 Å². The number of halogens is 1. The minimum Gasteiger partial charge on any atom is -0.351 e. The van der Waals surface area contributed by atoms with Gasteiger partial charge >= 0.3 is 0 Å². The molecule has 0 fully saturated rings. The lowest BCUT2D eigenvalue weighted by molar-refractivity contribution is 0.0928. The Morgan fingerprint density at radius 2 is 1.93 bits per heavy atom. The number of aromatic nitrogens is 3. The summed E-state index contributed by atoms with van der Waals surface area (Å²) in [7, 11) is 0. The molecule has 4 rings (SSSR count). The third kappa shape index (κ3) is 3.38. The van der Waals surface area contributed by atoms with Gasteiger partial charge in [-0.1, -0.05) is 11.2 Å². The van der Waals surface area contributed by atoms with Crippen molar-refractivity contribution in [2.75, 3.05) is 0 Å². The van der Waals surface area contributed by atoms with Crippen molar-refractivity contribution < 1.29 is 13.7 Å². The van der Waals surface area contributed by atoms with E-state index in [-0.39, 0.29) is 17.6 Å². The molecule has 0 saturated heterocycles. The highest BCUT2D eigenvalue weighted by Gasteiger charge is 2.19. The second kappa shape index (κ2) is 6.92. The average Bonchev–Trinajstić information content (AvgIpc) is 3.29. The molecule has 1 amide bonds. The Bertz CT molecular complexity index is 1160. The molecule has 2 heterocycles. The van der Waals surface area contributed by atoms with Crippen LogP contribution in [0.1, 0.15) is 40.5 Å². The van der Waals surface area contributed by atoms with Crippen LogP contribution >= 0.6 is 0 Å². The summed E-state index contributed by atoms with van der Waals surface area (Å²) < 4.78 is 18.3. The predicted octanol–water partition coefficient (Wildman–Crippen LogP) is 4.46. The van der Waals surface area contributed by atoms with Gasteiger partial charge in [-0.15, -0.1) is 0 Å². The highest BCUT2D eigenvalue weighted by molar-refractivity contribution is 5.99. The number of aromatic amines is 1. The van der Waals surface area contributed by atoms with Crippen molar-refractivity contribution in [3.05, 3.63) is 71.0 Å². The zero-order valence-corrected chi connectivity index (χ0v) is 15.7. The highest BCUT2D eigenvalue weighted by atomic mass is 19.1. The maximum Gasteiger partial charge on any atom is 0.268 e. The number of fused-ring (bicyclic) bond motifs is 1. The van der Waals surface area contributed by atoms with Crippen LogP contribution in [0.2, 0.25) is 0 Å². The summed E-state index contributed by atoms with van der Waals surface area (Å²) in [6, 6.07) is 11.2. The fourth-order valence-corrected chi connectivity index (χ4v) is 3.19. The first-order valence-electron chi connectivity index (χ1n) is 8.91. The van der Waals surface area contributed by atoms with Gasteiger partial charge in [-0.3, -0.25) is 4.79 Å². The lowest BCUT2D eigenvalue weighted by atomic mass is 10.1. The van der Waals surface area contributed by atoms with Gasteiger partial charge in [0.05, 0.1) is 0 Å². The van der Waals surface area contributed by atoms with E-state index in [2.05, 4.69) is 26.5 Å². The molecule has 0 spiro atoms. The fourth-order valence-electron chi connectivity index (χ4n) is 3.19. The standard InChI is InChI=1S/C21H19FN4O2/c1-11-8-12(2)16-10-18(24-17(16)9-11)20(27)23-13(3)21-25-19(26-28-21)14-4-6-15(22)7-5-14/h4-10,13,24H,1-3H3,(H,23,27). The van der Waals surface area contributed by atoms with E-state index >= 15 is 0 Å². The Hall–Kier alpha value is -3.48. The molecule has 4 aromatic rings. The monoisotopic (exact) mass is 378 g/mol. The number of H-pyrrole nitrogens is 1. The zero-order valence-electron chi connectivity index (χ0n) is 15.7. The van der Waals surface area contributed by atoms with Crippen LogP contribution in [0.5, 0.6) is 0 Å². The maximum atomic E-state index is 13.0. The third-order valence-electron chi connectivity index (χ3n) is 4.60. The van der Waals surface area contributed by atoms with Crippen molar-refractivity contribution in [1.82, 2.24) is 20.4 Å². The minimum absolute atomic E-state index is 0.262. The molecular formula is C21H19FN4O2. The van der Waals surface area contributed by atoms with Gasteiger partial charge in [-0.2, -0.15) is 4.98 Å². The molecule has 2 aromatic carbocycles. The Morgan fingerprint density at radius 3 is 2.68 bits per heavy atom. The van der Waals surface area contributed by atoms with Crippen molar-refractivity contribution in [2.24, 2.45) is 0 Å². The summed E-state index contributed by atoms with van der Waals surface area (Å²) in [5.74, 6) is 0.0165. The Balaban J connectivity index is 1.52. The number of nitrogens with zero attached hydrogens (tertiary/aromatic N) is 2. The summed E-state index contributed by atoms with van der Waals surface area (Å²) in [6.07, 6.45) is 0. The number of nitrogens with one attached hydrogen (secondary N) is 2. The van der Waals surface area contributed by atoms with E-state index in [1.54, 1.807) is 19.1 Å². The van der Waals surface area contributed by atoms with Crippen molar-refractivity contribution in [3.63, 3.8) is 0 Å². The molecular weight excluding hydrogens is 359 g/mol. The van der Waals surface area contributed by atoms with E-state index in [0.29, 0.717) is 17.1 Å². The van der Waals surface area contributed by atoms with Gasteiger partial charge < -0.3 is 14.8 Å². The van der Waals surface area contributed by atoms with Crippen LogP contribution in [0, 0.1) is 19.7 Å². The molecule has 2 aromatic heterocycles. The van der Waals surface area contributed by atoms with E-state index in [0.717, 1.165) is 22.0 Å². The van der Waals surface area contributed by atoms with Crippen LogP contribution in [0.4, 0.5) is 4.39 Å². The quantitative estimate of drug-likeness (QED) is 0.549. The molecule has 1 unspecified atom stereocenters. The first-order valence-corrected chi connectivity index (χ1v) is 8.91. The maximum absolute atomic E-state index is 13.0. The Morgan fingerprint density at radius 1 is 1.18 bits per heavy atom. The Kier molecular flexibility index (Phi) is 4.43. The second-order valence-electron chi connectivity index (χ2n) is 6.88. The number of carbonyl (C=O) groups excluding carboxylic acids is 1. The van der Waals surface area contributed by atoms with Crippen molar-refractivity contribution in [1.29, 1.82) is 0 Å². The first-order chi connectivity index (χ1) is 13.4. The van der Waals surface area contributed by atoms with Gasteiger partial charge in [0, 0.05) is 16.5 Å². The summed E-state index contributed by atoms with van der Waals surface area (Å²) in [4.78, 5) is 20.1. The molecule has 0 aliphatic carbocycles. The average molecular weight is 378 g/mol. The molecule has 2 N–H and O–H groups in total. The van der Waals surface area contributed by atoms with Crippen LogP contribution in [0.25, 0.3) is 22.3 Å². The van der Waals surface area contributed by atoms with Gasteiger partial charge in [-0.05, 0) is 68.3 Å². The third-order valence-corrected chi connectivity index (χ3v) is 4.60. The molecule has 7 heteroatoms. The molecule has 0 saturated carbocycles. The molecule has 6 nitrogen and oxygen atoms in total. The minimum atomic E-state index is -0.483. The number of rotatable bonds is 4. The van der Waals surface area contributed by atoms with Crippen molar-refractivity contribution in [3.8, 4) is 11.4 Å². The summed E-state index contributed by atoms with van der Waals surface area (Å²) in [6.45, 7) is 5.80. The number of amides is 1. The summed E-state index contributed by atoms with van der Waals surface area (Å²) in [5.41, 5.74) is 4.27. The molecule has 0 aliphatic rings. The van der Waals surface area contributed by atoms with E-state index in [1.807, 2.05) is 26.0 Å².